The average Bonchev–Trinajstić information content (AvgIpc) is 2.60. The SMILES string of the molecule is NC1=NCCN1Cc1[nH]c(=O)[nH]c(=O)c1Br. The summed E-state index contributed by atoms with van der Waals surface area (Å²) >= 11 is 3.12. The number of nitrogens with zero attached hydrogens (tertiary/aromatic N) is 2. The standard InChI is InChI=1S/C8H10BrN5O2/c9-5-4(12-8(16)13-6(5)15)3-14-2-1-11-7(14)10/h1-3H2,(H2,10,11)(H2,12,13,15,16). The lowest BCUT2D eigenvalue weighted by Crippen LogP contribution is -2.35. The van der Waals surface area contributed by atoms with E-state index in [4.69, 9.17) is 5.73 Å². The molecule has 86 valence electrons. The third kappa shape index (κ3) is 2.01. The lowest BCUT2D eigenvalue weighted by atomic mass is 10.3. The van der Waals surface area contributed by atoms with Gasteiger partial charge >= 0.3 is 5.69 Å². The molecule has 0 saturated carbocycles. The zero-order chi connectivity index (χ0) is 11.7. The highest BCUT2D eigenvalue weighted by molar-refractivity contribution is 9.10. The number of aromatic nitrogens is 2. The highest BCUT2D eigenvalue weighted by Gasteiger charge is 2.16. The molecule has 1 aromatic heterocycles. The van der Waals surface area contributed by atoms with E-state index in [-0.39, 0.29) is 0 Å². The van der Waals surface area contributed by atoms with Crippen LogP contribution in [0.3, 0.4) is 0 Å². The summed E-state index contributed by atoms with van der Waals surface area (Å²) in [5.74, 6) is 0.424. The number of nitrogens with one attached hydrogen (secondary N) is 2. The molecular formula is C8H10BrN5O2. The smallest absolute Gasteiger partial charge is 0.326 e. The summed E-state index contributed by atoms with van der Waals surface area (Å²) in [5.41, 5.74) is 5.15. The predicted molar refractivity (Wildman–Crippen MR) is 62.3 cm³/mol. The van der Waals surface area contributed by atoms with Crippen molar-refractivity contribution in [3.8, 4) is 0 Å². The molecule has 1 aromatic rings. The van der Waals surface area contributed by atoms with Crippen LogP contribution in [0.25, 0.3) is 0 Å². The first-order valence-corrected chi connectivity index (χ1v) is 5.43. The molecule has 0 fully saturated rings. The Morgan fingerprint density at radius 1 is 1.44 bits per heavy atom. The number of rotatable bonds is 2. The van der Waals surface area contributed by atoms with Crippen LogP contribution >= 0.6 is 15.9 Å². The number of hydrogen-bond donors (Lipinski definition) is 3. The van der Waals surface area contributed by atoms with E-state index < -0.39 is 11.2 Å². The topological polar surface area (TPSA) is 107 Å². The Hall–Kier alpha value is -1.57. The predicted octanol–water partition coefficient (Wildman–Crippen LogP) is -1.04. The highest BCUT2D eigenvalue weighted by atomic mass is 79.9. The van der Waals surface area contributed by atoms with E-state index in [1.54, 1.807) is 4.90 Å². The number of aliphatic imine (C=N–C) groups is 1. The van der Waals surface area contributed by atoms with Gasteiger partial charge in [-0.3, -0.25) is 14.8 Å². The quantitative estimate of drug-likeness (QED) is 0.645. The molecule has 1 aliphatic heterocycles. The maximum atomic E-state index is 11.3. The number of H-pyrrole nitrogens is 2. The van der Waals surface area contributed by atoms with Gasteiger partial charge in [-0.15, -0.1) is 0 Å². The minimum atomic E-state index is -0.530. The first kappa shape index (κ1) is 10.9. The molecule has 0 bridgehead atoms. The van der Waals surface area contributed by atoms with Gasteiger partial charge in [-0.1, -0.05) is 0 Å². The molecule has 0 amide bonds. The molecule has 16 heavy (non-hydrogen) atoms. The molecule has 0 atom stereocenters. The number of aromatic amines is 2. The van der Waals surface area contributed by atoms with Gasteiger partial charge in [0.2, 0.25) is 0 Å². The van der Waals surface area contributed by atoms with Crippen molar-refractivity contribution in [1.82, 2.24) is 14.9 Å². The Balaban J connectivity index is 2.31. The fourth-order valence-corrected chi connectivity index (χ4v) is 1.80. The van der Waals surface area contributed by atoms with Gasteiger partial charge in [-0.05, 0) is 15.9 Å². The van der Waals surface area contributed by atoms with Crippen LogP contribution in [-0.2, 0) is 6.54 Å². The fraction of sp³-hybridized carbons (Fsp3) is 0.375. The Morgan fingerprint density at radius 3 is 2.81 bits per heavy atom. The molecule has 0 aromatic carbocycles. The molecule has 0 radical (unpaired) electrons. The van der Waals surface area contributed by atoms with Crippen molar-refractivity contribution in [3.63, 3.8) is 0 Å². The minimum absolute atomic E-state index is 0.312. The van der Waals surface area contributed by atoms with E-state index in [1.807, 2.05) is 0 Å². The maximum absolute atomic E-state index is 11.3. The van der Waals surface area contributed by atoms with Gasteiger partial charge in [0.1, 0.15) is 4.47 Å². The Kier molecular flexibility index (Phi) is 2.82. The summed E-state index contributed by atoms with van der Waals surface area (Å²) in [5, 5.41) is 0. The Morgan fingerprint density at radius 2 is 2.19 bits per heavy atom. The third-order valence-electron chi connectivity index (χ3n) is 2.27. The summed E-state index contributed by atoms with van der Waals surface area (Å²) in [6.07, 6.45) is 0. The monoisotopic (exact) mass is 287 g/mol. The third-order valence-corrected chi connectivity index (χ3v) is 3.11. The number of hydrogen-bond acceptors (Lipinski definition) is 5. The summed E-state index contributed by atoms with van der Waals surface area (Å²) in [4.78, 5) is 32.9. The lowest BCUT2D eigenvalue weighted by Gasteiger charge is -2.17. The Labute approximate surface area is 98.5 Å². The van der Waals surface area contributed by atoms with Crippen LogP contribution < -0.4 is 17.0 Å². The van der Waals surface area contributed by atoms with Crippen LogP contribution in [0.4, 0.5) is 0 Å². The van der Waals surface area contributed by atoms with Crippen LogP contribution in [0.15, 0.2) is 19.1 Å². The van der Waals surface area contributed by atoms with Crippen molar-refractivity contribution in [2.24, 2.45) is 10.7 Å². The van der Waals surface area contributed by atoms with E-state index in [0.29, 0.717) is 35.8 Å². The summed E-state index contributed by atoms with van der Waals surface area (Å²) in [6.45, 7) is 1.68. The van der Waals surface area contributed by atoms with Gasteiger partial charge in [0.15, 0.2) is 5.96 Å². The molecule has 2 heterocycles. The minimum Gasteiger partial charge on any atom is -0.370 e. The van der Waals surface area contributed by atoms with Crippen molar-refractivity contribution in [1.29, 1.82) is 0 Å². The summed E-state index contributed by atoms with van der Waals surface area (Å²) < 4.78 is 0.312. The van der Waals surface area contributed by atoms with Crippen LogP contribution in [0.1, 0.15) is 5.69 Å². The summed E-state index contributed by atoms with van der Waals surface area (Å²) in [6, 6.07) is 0. The van der Waals surface area contributed by atoms with Gasteiger partial charge in [-0.2, -0.15) is 0 Å². The molecule has 2 rings (SSSR count). The molecule has 8 heteroatoms. The second-order valence-corrected chi connectivity index (χ2v) is 4.16. The average molecular weight is 288 g/mol. The molecule has 0 aliphatic carbocycles. The van der Waals surface area contributed by atoms with E-state index in [2.05, 4.69) is 30.9 Å². The Bertz CT molecular complexity index is 546. The number of guanidine groups is 1. The second-order valence-electron chi connectivity index (χ2n) is 3.36. The molecule has 0 unspecified atom stereocenters. The van der Waals surface area contributed by atoms with Gasteiger partial charge in [0.25, 0.3) is 5.56 Å². The molecule has 0 spiro atoms. The zero-order valence-electron chi connectivity index (χ0n) is 8.29. The van der Waals surface area contributed by atoms with E-state index >= 15 is 0 Å². The largest absolute Gasteiger partial charge is 0.370 e. The first-order valence-electron chi connectivity index (χ1n) is 4.64. The normalized spacial score (nSPS) is 15.3. The van der Waals surface area contributed by atoms with Crippen LogP contribution in [0.5, 0.6) is 0 Å². The van der Waals surface area contributed by atoms with E-state index in [0.717, 1.165) is 0 Å². The van der Waals surface area contributed by atoms with Crippen molar-refractivity contribution < 1.29 is 0 Å². The zero-order valence-corrected chi connectivity index (χ0v) is 9.87. The van der Waals surface area contributed by atoms with Crippen LogP contribution in [0, 0.1) is 0 Å². The van der Waals surface area contributed by atoms with Crippen LogP contribution in [0.2, 0.25) is 0 Å². The molecule has 4 N–H and O–H groups in total. The van der Waals surface area contributed by atoms with E-state index in [1.165, 1.54) is 0 Å². The van der Waals surface area contributed by atoms with Gasteiger partial charge in [0.05, 0.1) is 18.8 Å². The number of nitrogens with two attached hydrogens (primary N) is 1. The van der Waals surface area contributed by atoms with E-state index in [9.17, 15) is 9.59 Å². The number of halogens is 1. The fourth-order valence-electron chi connectivity index (χ4n) is 1.48. The molecule has 0 saturated heterocycles. The highest BCUT2D eigenvalue weighted by Crippen LogP contribution is 2.11. The summed E-state index contributed by atoms with van der Waals surface area (Å²) in [7, 11) is 0. The van der Waals surface area contributed by atoms with Crippen LogP contribution in [-0.4, -0.2) is 33.9 Å². The van der Waals surface area contributed by atoms with Crippen molar-refractivity contribution in [2.75, 3.05) is 13.1 Å². The van der Waals surface area contributed by atoms with Crippen molar-refractivity contribution in [3.05, 3.63) is 31.0 Å². The molecular weight excluding hydrogens is 278 g/mol. The van der Waals surface area contributed by atoms with Gasteiger partial charge in [-0.25, -0.2) is 4.79 Å². The molecule has 1 aliphatic rings. The van der Waals surface area contributed by atoms with Gasteiger partial charge in [0, 0.05) is 6.54 Å². The lowest BCUT2D eigenvalue weighted by molar-refractivity contribution is 0.439. The maximum Gasteiger partial charge on any atom is 0.326 e. The van der Waals surface area contributed by atoms with Crippen molar-refractivity contribution >= 4 is 21.9 Å². The molecule has 7 nitrogen and oxygen atoms in total. The first-order chi connectivity index (χ1) is 7.58. The second kappa shape index (κ2) is 4.12. The van der Waals surface area contributed by atoms with Gasteiger partial charge < -0.3 is 15.6 Å². The van der Waals surface area contributed by atoms with Crippen molar-refractivity contribution in [2.45, 2.75) is 6.54 Å².